The topological polar surface area (TPSA) is 29.0 Å². The van der Waals surface area contributed by atoms with Gasteiger partial charge in [0.25, 0.3) is 6.43 Å². The van der Waals surface area contributed by atoms with Gasteiger partial charge >= 0.3 is 0 Å². The van der Waals surface area contributed by atoms with Gasteiger partial charge in [-0.2, -0.15) is 0 Å². The first-order chi connectivity index (χ1) is 9.52. The van der Waals surface area contributed by atoms with Gasteiger partial charge in [-0.15, -0.1) is 0 Å². The molecule has 1 aromatic rings. The van der Waals surface area contributed by atoms with Crippen LogP contribution < -0.4 is 4.90 Å². The van der Waals surface area contributed by atoms with Gasteiger partial charge in [0.15, 0.2) is 0 Å². The van der Waals surface area contributed by atoms with E-state index in [1.54, 1.807) is 0 Å². The predicted molar refractivity (Wildman–Crippen MR) is 74.1 cm³/mol. The fourth-order valence-electron chi connectivity index (χ4n) is 3.12. The largest absolute Gasteiger partial charge is 0.356 e. The summed E-state index contributed by atoms with van der Waals surface area (Å²) in [6, 6.07) is 1.47. The second-order valence-electron chi connectivity index (χ2n) is 6.44. The third kappa shape index (κ3) is 2.91. The maximum absolute atomic E-state index is 13.0. The van der Waals surface area contributed by atoms with Gasteiger partial charge in [-0.3, -0.25) is 0 Å². The number of aromatic nitrogens is 2. The molecule has 0 bridgehead atoms. The minimum Gasteiger partial charge on any atom is -0.356 e. The van der Waals surface area contributed by atoms with Crippen molar-refractivity contribution in [1.29, 1.82) is 0 Å². The minimum atomic E-state index is -2.52. The average molecular weight is 281 g/mol. The van der Waals surface area contributed by atoms with Gasteiger partial charge in [0.1, 0.15) is 17.3 Å². The fourth-order valence-corrected chi connectivity index (χ4v) is 3.12. The molecule has 2 fully saturated rings. The van der Waals surface area contributed by atoms with E-state index >= 15 is 0 Å². The quantitative estimate of drug-likeness (QED) is 0.844. The van der Waals surface area contributed by atoms with Gasteiger partial charge in [-0.05, 0) is 31.1 Å². The van der Waals surface area contributed by atoms with E-state index in [0.29, 0.717) is 29.4 Å². The second-order valence-corrected chi connectivity index (χ2v) is 6.44. The lowest BCUT2D eigenvalue weighted by Crippen LogP contribution is -2.39. The molecular weight excluding hydrogens is 260 g/mol. The third-order valence-electron chi connectivity index (χ3n) is 4.11. The fraction of sp³-hybridized carbons (Fsp3) is 0.733. The van der Waals surface area contributed by atoms with Crippen LogP contribution in [0.15, 0.2) is 6.07 Å². The molecule has 20 heavy (non-hydrogen) atoms. The van der Waals surface area contributed by atoms with Gasteiger partial charge in [0.05, 0.1) is 0 Å². The number of hydrogen-bond acceptors (Lipinski definition) is 3. The van der Waals surface area contributed by atoms with E-state index in [2.05, 4.69) is 28.7 Å². The Morgan fingerprint density at radius 3 is 2.35 bits per heavy atom. The zero-order valence-electron chi connectivity index (χ0n) is 12.0. The molecule has 0 N–H and O–H groups in total. The Morgan fingerprint density at radius 1 is 1.15 bits per heavy atom. The van der Waals surface area contributed by atoms with Gasteiger partial charge in [0.2, 0.25) is 0 Å². The first-order valence-electron chi connectivity index (χ1n) is 7.45. The van der Waals surface area contributed by atoms with Crippen LogP contribution in [0.4, 0.5) is 14.6 Å². The Hall–Kier alpha value is -1.26. The molecule has 2 aliphatic rings. The average Bonchev–Trinajstić information content (AvgIpc) is 3.21. The summed E-state index contributed by atoms with van der Waals surface area (Å²) in [6.45, 7) is 6.21. The van der Waals surface area contributed by atoms with Crippen LogP contribution in [-0.4, -0.2) is 23.1 Å². The van der Waals surface area contributed by atoms with Crippen LogP contribution >= 0.6 is 0 Å². The number of piperidine rings is 1. The Bertz CT molecular complexity index is 458. The van der Waals surface area contributed by atoms with E-state index in [1.165, 1.54) is 12.5 Å². The molecular formula is C15H21F2N3. The first kappa shape index (κ1) is 13.7. The summed E-state index contributed by atoms with van der Waals surface area (Å²) < 4.78 is 26.0. The molecule has 1 aliphatic heterocycles. The Kier molecular flexibility index (Phi) is 3.61. The second kappa shape index (κ2) is 5.26. The normalized spacial score (nSPS) is 27.1. The van der Waals surface area contributed by atoms with E-state index in [4.69, 9.17) is 0 Å². The standard InChI is InChI=1S/C15H21F2N3/c1-9-5-10(2)8-20(7-9)13-6-12(14(16)17)18-15(19-13)11-3-4-11/h6,9-11,14H,3-5,7-8H2,1-2H3. The Morgan fingerprint density at radius 2 is 1.80 bits per heavy atom. The monoisotopic (exact) mass is 281 g/mol. The molecule has 3 nitrogen and oxygen atoms in total. The van der Waals surface area contributed by atoms with Gasteiger partial charge < -0.3 is 4.90 Å². The van der Waals surface area contributed by atoms with E-state index in [1.807, 2.05) is 0 Å². The van der Waals surface area contributed by atoms with Crippen LogP contribution in [0, 0.1) is 11.8 Å². The number of hydrogen-bond donors (Lipinski definition) is 0. The number of halogens is 2. The minimum absolute atomic E-state index is 0.122. The van der Waals surface area contributed by atoms with E-state index in [-0.39, 0.29) is 5.69 Å². The van der Waals surface area contributed by atoms with Crippen LogP contribution in [0.2, 0.25) is 0 Å². The highest BCUT2D eigenvalue weighted by Crippen LogP contribution is 2.39. The lowest BCUT2D eigenvalue weighted by Gasteiger charge is -2.36. The molecule has 1 aromatic heterocycles. The summed E-state index contributed by atoms with van der Waals surface area (Å²) in [5, 5.41) is 0. The number of rotatable bonds is 3. The van der Waals surface area contributed by atoms with Gasteiger partial charge in [-0.1, -0.05) is 13.8 Å². The smallest absolute Gasteiger partial charge is 0.280 e. The van der Waals surface area contributed by atoms with Crippen molar-refractivity contribution >= 4 is 5.82 Å². The van der Waals surface area contributed by atoms with Crippen molar-refractivity contribution in [3.05, 3.63) is 17.6 Å². The zero-order valence-corrected chi connectivity index (χ0v) is 12.0. The molecule has 0 radical (unpaired) electrons. The van der Waals surface area contributed by atoms with E-state index in [0.717, 1.165) is 25.9 Å². The summed E-state index contributed by atoms with van der Waals surface area (Å²) in [5.74, 6) is 2.76. The van der Waals surface area contributed by atoms with Crippen molar-refractivity contribution in [1.82, 2.24) is 9.97 Å². The molecule has 2 unspecified atom stereocenters. The van der Waals surface area contributed by atoms with E-state index < -0.39 is 6.43 Å². The summed E-state index contributed by atoms with van der Waals surface area (Å²) >= 11 is 0. The molecule has 0 aromatic carbocycles. The van der Waals surface area contributed by atoms with E-state index in [9.17, 15) is 8.78 Å². The number of nitrogens with zero attached hydrogens (tertiary/aromatic N) is 3. The number of alkyl halides is 2. The summed E-state index contributed by atoms with van der Waals surface area (Å²) in [5.41, 5.74) is -0.122. The lowest BCUT2D eigenvalue weighted by atomic mass is 9.92. The zero-order chi connectivity index (χ0) is 14.3. The van der Waals surface area contributed by atoms with Crippen LogP contribution in [0.1, 0.15) is 57.0 Å². The molecule has 110 valence electrons. The van der Waals surface area contributed by atoms with Crippen LogP contribution in [0.25, 0.3) is 0 Å². The Balaban J connectivity index is 1.91. The van der Waals surface area contributed by atoms with Gasteiger partial charge in [0, 0.05) is 25.1 Å². The molecule has 2 atom stereocenters. The van der Waals surface area contributed by atoms with Crippen molar-refractivity contribution in [2.24, 2.45) is 11.8 Å². The predicted octanol–water partition coefficient (Wildman–Crippen LogP) is 3.77. The SMILES string of the molecule is CC1CC(C)CN(c2cc(C(F)F)nc(C3CC3)n2)C1. The van der Waals surface area contributed by atoms with Crippen molar-refractivity contribution < 1.29 is 8.78 Å². The summed E-state index contributed by atoms with van der Waals surface area (Å²) in [7, 11) is 0. The molecule has 5 heteroatoms. The summed E-state index contributed by atoms with van der Waals surface area (Å²) in [4.78, 5) is 10.7. The highest BCUT2D eigenvalue weighted by Gasteiger charge is 2.30. The molecule has 2 heterocycles. The first-order valence-corrected chi connectivity index (χ1v) is 7.45. The molecule has 1 aliphatic carbocycles. The molecule has 1 saturated heterocycles. The van der Waals surface area contributed by atoms with Crippen molar-refractivity contribution in [3.8, 4) is 0 Å². The van der Waals surface area contributed by atoms with Crippen molar-refractivity contribution in [2.75, 3.05) is 18.0 Å². The number of anilines is 1. The summed E-state index contributed by atoms with van der Waals surface area (Å²) in [6.07, 6.45) is 0.727. The van der Waals surface area contributed by atoms with Crippen molar-refractivity contribution in [3.63, 3.8) is 0 Å². The van der Waals surface area contributed by atoms with Crippen LogP contribution in [-0.2, 0) is 0 Å². The lowest BCUT2D eigenvalue weighted by molar-refractivity contribution is 0.145. The molecule has 3 rings (SSSR count). The van der Waals surface area contributed by atoms with Crippen LogP contribution in [0.5, 0.6) is 0 Å². The third-order valence-corrected chi connectivity index (χ3v) is 4.11. The highest BCUT2D eigenvalue weighted by molar-refractivity contribution is 5.41. The van der Waals surface area contributed by atoms with Crippen molar-refractivity contribution in [2.45, 2.75) is 45.5 Å². The molecule has 0 amide bonds. The van der Waals surface area contributed by atoms with Gasteiger partial charge in [-0.25, -0.2) is 18.7 Å². The molecule has 0 spiro atoms. The Labute approximate surface area is 118 Å². The molecule has 1 saturated carbocycles. The van der Waals surface area contributed by atoms with Crippen LogP contribution in [0.3, 0.4) is 0 Å². The maximum atomic E-state index is 13.0. The maximum Gasteiger partial charge on any atom is 0.280 e. The highest BCUT2D eigenvalue weighted by atomic mass is 19.3.